The molecule has 0 bridgehead atoms. The lowest BCUT2D eigenvalue weighted by Gasteiger charge is -2.40. The molecule has 0 spiro atoms. The molecule has 0 aromatic carbocycles. The van der Waals surface area contributed by atoms with Crippen molar-refractivity contribution in [2.24, 2.45) is 11.8 Å². The number of amides is 2. The van der Waals surface area contributed by atoms with Crippen molar-refractivity contribution in [3.63, 3.8) is 0 Å². The lowest BCUT2D eigenvalue weighted by Crippen LogP contribution is -2.64. The normalized spacial score (nSPS) is 28.8. The summed E-state index contributed by atoms with van der Waals surface area (Å²) in [6, 6.07) is -0.592. The Morgan fingerprint density at radius 3 is 2.50 bits per heavy atom. The van der Waals surface area contributed by atoms with Crippen molar-refractivity contribution in [2.75, 3.05) is 6.54 Å². The molecular weight excluding hydrogens is 228 g/mol. The third-order valence-corrected chi connectivity index (χ3v) is 4.05. The number of nitrogens with zero attached hydrogens (tertiary/aromatic N) is 1. The van der Waals surface area contributed by atoms with Crippen molar-refractivity contribution in [1.29, 1.82) is 0 Å². The van der Waals surface area contributed by atoms with Crippen LogP contribution in [0.5, 0.6) is 0 Å². The van der Waals surface area contributed by atoms with Crippen LogP contribution in [0, 0.1) is 11.8 Å². The van der Waals surface area contributed by atoms with Gasteiger partial charge in [-0.05, 0) is 24.7 Å². The van der Waals surface area contributed by atoms with Crippen LogP contribution in [0.4, 0.5) is 0 Å². The van der Waals surface area contributed by atoms with Gasteiger partial charge < -0.3 is 10.2 Å². The van der Waals surface area contributed by atoms with Gasteiger partial charge in [-0.2, -0.15) is 0 Å². The van der Waals surface area contributed by atoms with E-state index in [0.29, 0.717) is 6.42 Å². The summed E-state index contributed by atoms with van der Waals surface area (Å²) in [6.45, 7) is 6.68. The number of piperazine rings is 1. The van der Waals surface area contributed by atoms with Crippen LogP contribution in [0.2, 0.25) is 0 Å². The second-order valence-electron chi connectivity index (χ2n) is 5.92. The SMILES string of the molecule is CCC1C(=O)NC(C(C)C)C(=O)N1CCC1CC1. The molecule has 1 aliphatic heterocycles. The highest BCUT2D eigenvalue weighted by atomic mass is 16.2. The molecule has 2 unspecified atom stereocenters. The second-order valence-corrected chi connectivity index (χ2v) is 5.92. The van der Waals surface area contributed by atoms with E-state index in [1.54, 1.807) is 0 Å². The Hall–Kier alpha value is -1.06. The summed E-state index contributed by atoms with van der Waals surface area (Å²) >= 11 is 0. The Balaban J connectivity index is 2.07. The van der Waals surface area contributed by atoms with E-state index in [1.165, 1.54) is 12.8 Å². The Kier molecular flexibility index (Phi) is 3.93. The van der Waals surface area contributed by atoms with E-state index in [0.717, 1.165) is 18.9 Å². The largest absolute Gasteiger partial charge is 0.342 e. The Morgan fingerprint density at radius 1 is 1.33 bits per heavy atom. The van der Waals surface area contributed by atoms with Crippen LogP contribution < -0.4 is 5.32 Å². The predicted octanol–water partition coefficient (Wildman–Crippen LogP) is 1.55. The molecule has 2 fully saturated rings. The average molecular weight is 252 g/mol. The molecule has 2 atom stereocenters. The maximum absolute atomic E-state index is 12.4. The Morgan fingerprint density at radius 2 is 2.00 bits per heavy atom. The number of hydrogen-bond acceptors (Lipinski definition) is 2. The molecule has 2 amide bonds. The number of carbonyl (C=O) groups is 2. The molecule has 1 heterocycles. The molecule has 0 aromatic heterocycles. The molecule has 0 aromatic rings. The highest BCUT2D eigenvalue weighted by Crippen LogP contribution is 2.33. The first-order valence-electron chi connectivity index (χ1n) is 7.15. The number of hydrogen-bond donors (Lipinski definition) is 1. The van der Waals surface area contributed by atoms with Crippen molar-refractivity contribution >= 4 is 11.8 Å². The van der Waals surface area contributed by atoms with Gasteiger partial charge in [-0.1, -0.05) is 33.6 Å². The molecule has 1 saturated heterocycles. The molecule has 0 radical (unpaired) electrons. The van der Waals surface area contributed by atoms with Gasteiger partial charge in [0.25, 0.3) is 0 Å². The van der Waals surface area contributed by atoms with Crippen LogP contribution in [-0.2, 0) is 9.59 Å². The zero-order chi connectivity index (χ0) is 13.3. The minimum Gasteiger partial charge on any atom is -0.342 e. The Bertz CT molecular complexity index is 337. The molecule has 4 heteroatoms. The van der Waals surface area contributed by atoms with Gasteiger partial charge in [0.1, 0.15) is 12.1 Å². The standard InChI is InChI=1S/C14H24N2O2/c1-4-11-13(17)15-12(9(2)3)14(18)16(11)8-7-10-5-6-10/h9-12H,4-8H2,1-3H3,(H,15,17). The fourth-order valence-corrected chi connectivity index (χ4v) is 2.64. The smallest absolute Gasteiger partial charge is 0.246 e. The van der Waals surface area contributed by atoms with Gasteiger partial charge in [-0.25, -0.2) is 0 Å². The topological polar surface area (TPSA) is 49.4 Å². The summed E-state index contributed by atoms with van der Waals surface area (Å²) in [7, 11) is 0. The number of rotatable bonds is 5. The number of carbonyl (C=O) groups excluding carboxylic acids is 2. The average Bonchev–Trinajstić information content (AvgIpc) is 3.13. The van der Waals surface area contributed by atoms with E-state index in [1.807, 2.05) is 25.7 Å². The maximum atomic E-state index is 12.4. The first-order valence-corrected chi connectivity index (χ1v) is 7.15. The predicted molar refractivity (Wildman–Crippen MR) is 69.9 cm³/mol. The van der Waals surface area contributed by atoms with E-state index in [9.17, 15) is 9.59 Å². The second kappa shape index (κ2) is 5.29. The van der Waals surface area contributed by atoms with E-state index >= 15 is 0 Å². The van der Waals surface area contributed by atoms with Crippen LogP contribution >= 0.6 is 0 Å². The summed E-state index contributed by atoms with van der Waals surface area (Å²) in [6.07, 6.45) is 4.34. The minimum atomic E-state index is -0.334. The van der Waals surface area contributed by atoms with E-state index in [2.05, 4.69) is 5.32 Å². The molecule has 1 N–H and O–H groups in total. The molecule has 102 valence electrons. The quantitative estimate of drug-likeness (QED) is 0.807. The van der Waals surface area contributed by atoms with Gasteiger partial charge in [0.2, 0.25) is 11.8 Å². The minimum absolute atomic E-state index is 0.0200. The van der Waals surface area contributed by atoms with Crippen LogP contribution in [0.25, 0.3) is 0 Å². The summed E-state index contributed by atoms with van der Waals surface area (Å²) in [5.41, 5.74) is 0. The van der Waals surface area contributed by atoms with Gasteiger partial charge in [0.05, 0.1) is 0 Å². The van der Waals surface area contributed by atoms with Gasteiger partial charge in [0, 0.05) is 6.54 Å². The van der Waals surface area contributed by atoms with Crippen molar-refractivity contribution in [3.05, 3.63) is 0 Å². The summed E-state index contributed by atoms with van der Waals surface area (Å²) in [5, 5.41) is 2.87. The van der Waals surface area contributed by atoms with E-state index < -0.39 is 0 Å². The fourth-order valence-electron chi connectivity index (χ4n) is 2.64. The van der Waals surface area contributed by atoms with Crippen molar-refractivity contribution in [3.8, 4) is 0 Å². The van der Waals surface area contributed by atoms with Crippen LogP contribution in [0.3, 0.4) is 0 Å². The van der Waals surface area contributed by atoms with Crippen molar-refractivity contribution in [1.82, 2.24) is 10.2 Å². The van der Waals surface area contributed by atoms with Gasteiger partial charge >= 0.3 is 0 Å². The third kappa shape index (κ3) is 2.68. The molecule has 1 saturated carbocycles. The highest BCUT2D eigenvalue weighted by Gasteiger charge is 2.40. The van der Waals surface area contributed by atoms with E-state index in [-0.39, 0.29) is 29.8 Å². The van der Waals surface area contributed by atoms with Crippen LogP contribution in [0.1, 0.15) is 46.5 Å². The first kappa shape index (κ1) is 13.4. The maximum Gasteiger partial charge on any atom is 0.246 e. The van der Waals surface area contributed by atoms with Crippen LogP contribution in [-0.4, -0.2) is 35.3 Å². The lowest BCUT2D eigenvalue weighted by atomic mass is 9.96. The molecule has 2 aliphatic rings. The zero-order valence-corrected chi connectivity index (χ0v) is 11.6. The third-order valence-electron chi connectivity index (χ3n) is 4.05. The molecule has 1 aliphatic carbocycles. The monoisotopic (exact) mass is 252 g/mol. The highest BCUT2D eigenvalue weighted by molar-refractivity contribution is 5.97. The van der Waals surface area contributed by atoms with Gasteiger partial charge in [0.15, 0.2) is 0 Å². The molecule has 18 heavy (non-hydrogen) atoms. The molecule has 4 nitrogen and oxygen atoms in total. The fraction of sp³-hybridized carbons (Fsp3) is 0.857. The van der Waals surface area contributed by atoms with Crippen molar-refractivity contribution in [2.45, 2.75) is 58.5 Å². The lowest BCUT2D eigenvalue weighted by molar-refractivity contribution is -0.150. The van der Waals surface area contributed by atoms with Gasteiger partial charge in [-0.3, -0.25) is 9.59 Å². The molecular formula is C14H24N2O2. The van der Waals surface area contributed by atoms with Crippen molar-refractivity contribution < 1.29 is 9.59 Å². The summed E-state index contributed by atoms with van der Waals surface area (Å²) in [4.78, 5) is 26.3. The van der Waals surface area contributed by atoms with Crippen LogP contribution in [0.15, 0.2) is 0 Å². The van der Waals surface area contributed by atoms with E-state index in [4.69, 9.17) is 0 Å². The molecule has 2 rings (SSSR count). The zero-order valence-electron chi connectivity index (χ0n) is 11.6. The first-order chi connectivity index (χ1) is 8.54. The summed E-state index contributed by atoms with van der Waals surface area (Å²) < 4.78 is 0. The summed E-state index contributed by atoms with van der Waals surface area (Å²) in [5.74, 6) is 1.07. The Labute approximate surface area is 109 Å². The number of nitrogens with one attached hydrogen (secondary N) is 1. The van der Waals surface area contributed by atoms with Gasteiger partial charge in [-0.15, -0.1) is 0 Å².